The Morgan fingerprint density at radius 3 is 2.89 bits per heavy atom. The Bertz CT molecular complexity index is 956. The molecule has 1 amide bonds. The number of nitro benzene ring substituents is 1. The van der Waals surface area contributed by atoms with Crippen molar-refractivity contribution in [2.24, 2.45) is 0 Å². The van der Waals surface area contributed by atoms with Gasteiger partial charge in [-0.05, 0) is 30.8 Å². The molecule has 2 heterocycles. The maximum atomic E-state index is 12.1. The summed E-state index contributed by atoms with van der Waals surface area (Å²) in [7, 11) is 1.68. The summed E-state index contributed by atoms with van der Waals surface area (Å²) in [6.45, 7) is 0.229. The maximum Gasteiger partial charge on any atom is 0.322 e. The summed E-state index contributed by atoms with van der Waals surface area (Å²) in [5.41, 5.74) is 0.475. The zero-order chi connectivity index (χ0) is 19.4. The van der Waals surface area contributed by atoms with Crippen LogP contribution in [0, 0.1) is 10.1 Å². The van der Waals surface area contributed by atoms with E-state index in [4.69, 9.17) is 20.4 Å². The smallest absolute Gasteiger partial charge is 0.322 e. The molecule has 11 heteroatoms. The van der Waals surface area contributed by atoms with E-state index in [-0.39, 0.29) is 30.7 Å². The van der Waals surface area contributed by atoms with Gasteiger partial charge < -0.3 is 8.83 Å². The summed E-state index contributed by atoms with van der Waals surface area (Å²) in [5, 5.41) is 21.2. The number of likely N-dealkylation sites (N-methyl/N-ethyl adjacent to an activating group) is 1. The number of hydrogen-bond acceptors (Lipinski definition) is 8. The van der Waals surface area contributed by atoms with Gasteiger partial charge in [-0.1, -0.05) is 16.7 Å². The molecule has 0 spiro atoms. The van der Waals surface area contributed by atoms with Crippen LogP contribution in [0.4, 0.5) is 11.7 Å². The van der Waals surface area contributed by atoms with Crippen molar-refractivity contribution in [3.63, 3.8) is 0 Å². The van der Waals surface area contributed by atoms with Gasteiger partial charge in [-0.25, -0.2) is 0 Å². The SMILES string of the molecule is CN(CC(=O)Nc1nnc(-c2ccco2)o1)Cc1cc([N+](=O)[O-])ccc1Cl. The number of non-ortho nitro benzene ring substituents is 1. The number of benzene rings is 1. The molecule has 3 aromatic rings. The molecular formula is C16H14ClN5O5. The Labute approximate surface area is 157 Å². The van der Waals surface area contributed by atoms with Crippen LogP contribution >= 0.6 is 11.6 Å². The number of rotatable bonds is 7. The summed E-state index contributed by atoms with van der Waals surface area (Å²) in [4.78, 5) is 24.1. The Hall–Kier alpha value is -3.24. The quantitative estimate of drug-likeness (QED) is 0.481. The van der Waals surface area contributed by atoms with Gasteiger partial charge in [-0.3, -0.25) is 25.1 Å². The molecule has 0 bridgehead atoms. The van der Waals surface area contributed by atoms with Crippen molar-refractivity contribution < 1.29 is 18.6 Å². The number of nitro groups is 1. The normalized spacial score (nSPS) is 10.9. The van der Waals surface area contributed by atoms with E-state index >= 15 is 0 Å². The number of furan rings is 1. The van der Waals surface area contributed by atoms with E-state index in [0.29, 0.717) is 16.3 Å². The number of halogens is 1. The topological polar surface area (TPSA) is 128 Å². The molecule has 0 radical (unpaired) electrons. The summed E-state index contributed by atoms with van der Waals surface area (Å²) >= 11 is 6.07. The third-order valence-corrected chi connectivity index (χ3v) is 3.87. The molecule has 3 rings (SSSR count). The van der Waals surface area contributed by atoms with Gasteiger partial charge in [0.2, 0.25) is 5.91 Å². The van der Waals surface area contributed by atoms with E-state index in [1.165, 1.54) is 24.5 Å². The number of nitrogens with one attached hydrogen (secondary N) is 1. The molecule has 0 atom stereocenters. The summed E-state index contributed by atoms with van der Waals surface area (Å²) in [5.74, 6) is 0.140. The lowest BCUT2D eigenvalue weighted by atomic mass is 10.2. The minimum atomic E-state index is -0.501. The molecule has 2 aromatic heterocycles. The van der Waals surface area contributed by atoms with Gasteiger partial charge in [-0.15, -0.1) is 5.10 Å². The largest absolute Gasteiger partial charge is 0.459 e. The Morgan fingerprint density at radius 1 is 1.37 bits per heavy atom. The molecule has 0 fully saturated rings. The number of aromatic nitrogens is 2. The Kier molecular flexibility index (Phi) is 5.48. The molecular weight excluding hydrogens is 378 g/mol. The second-order valence-corrected chi connectivity index (χ2v) is 6.05. The number of hydrogen-bond donors (Lipinski definition) is 1. The van der Waals surface area contributed by atoms with Crippen molar-refractivity contribution >= 4 is 29.2 Å². The van der Waals surface area contributed by atoms with Crippen LogP contribution in [0.25, 0.3) is 11.7 Å². The Balaban J connectivity index is 1.58. The average molecular weight is 392 g/mol. The first-order valence-electron chi connectivity index (χ1n) is 7.71. The number of nitrogens with zero attached hydrogens (tertiary/aromatic N) is 4. The summed E-state index contributed by atoms with van der Waals surface area (Å²) in [6, 6.07) is 7.42. The van der Waals surface area contributed by atoms with Crippen molar-refractivity contribution in [1.82, 2.24) is 15.1 Å². The van der Waals surface area contributed by atoms with Gasteiger partial charge in [0.1, 0.15) is 0 Å². The van der Waals surface area contributed by atoms with E-state index in [9.17, 15) is 14.9 Å². The van der Waals surface area contributed by atoms with Gasteiger partial charge in [0.15, 0.2) is 5.76 Å². The zero-order valence-corrected chi connectivity index (χ0v) is 14.8. The lowest BCUT2D eigenvalue weighted by molar-refractivity contribution is -0.384. The van der Waals surface area contributed by atoms with E-state index in [1.807, 2.05) is 0 Å². The fourth-order valence-corrected chi connectivity index (χ4v) is 2.50. The van der Waals surface area contributed by atoms with E-state index in [2.05, 4.69) is 15.5 Å². The van der Waals surface area contributed by atoms with Gasteiger partial charge in [0.25, 0.3) is 11.6 Å². The molecule has 1 N–H and O–H groups in total. The zero-order valence-electron chi connectivity index (χ0n) is 14.1. The fourth-order valence-electron chi connectivity index (χ4n) is 2.32. The van der Waals surface area contributed by atoms with Gasteiger partial charge in [0.05, 0.1) is 17.7 Å². The minimum Gasteiger partial charge on any atom is -0.459 e. The first kappa shape index (κ1) is 18.5. The van der Waals surface area contributed by atoms with Gasteiger partial charge in [-0.2, -0.15) is 0 Å². The van der Waals surface area contributed by atoms with Crippen molar-refractivity contribution in [3.8, 4) is 11.7 Å². The minimum absolute atomic E-state index is 0.0164. The van der Waals surface area contributed by atoms with Crippen LogP contribution in [0.15, 0.2) is 45.4 Å². The highest BCUT2D eigenvalue weighted by Gasteiger charge is 2.16. The molecule has 10 nitrogen and oxygen atoms in total. The summed E-state index contributed by atoms with van der Waals surface area (Å²) in [6.07, 6.45) is 1.46. The summed E-state index contributed by atoms with van der Waals surface area (Å²) < 4.78 is 10.4. The highest BCUT2D eigenvalue weighted by Crippen LogP contribution is 2.23. The van der Waals surface area contributed by atoms with Crippen LogP contribution in [0.5, 0.6) is 0 Å². The van der Waals surface area contributed by atoms with Gasteiger partial charge in [0, 0.05) is 23.7 Å². The number of carbonyl (C=O) groups is 1. The first-order chi connectivity index (χ1) is 12.9. The molecule has 0 saturated carbocycles. The van der Waals surface area contributed by atoms with Crippen molar-refractivity contribution in [3.05, 3.63) is 57.3 Å². The standard InChI is InChI=1S/C16H14ClN5O5/c1-21(8-10-7-11(22(24)25)4-5-12(10)17)9-14(23)18-16-20-19-15(27-16)13-3-2-6-26-13/h2-7H,8-9H2,1H3,(H,18,20,23). The maximum absolute atomic E-state index is 12.1. The molecule has 0 aliphatic carbocycles. The monoisotopic (exact) mass is 391 g/mol. The molecule has 27 heavy (non-hydrogen) atoms. The van der Waals surface area contributed by atoms with E-state index in [1.54, 1.807) is 24.1 Å². The Morgan fingerprint density at radius 2 is 2.19 bits per heavy atom. The van der Waals surface area contributed by atoms with Crippen LogP contribution in [-0.2, 0) is 11.3 Å². The predicted molar refractivity (Wildman–Crippen MR) is 95.1 cm³/mol. The van der Waals surface area contributed by atoms with Crippen LogP contribution in [0.3, 0.4) is 0 Å². The van der Waals surface area contributed by atoms with E-state index < -0.39 is 10.8 Å². The second-order valence-electron chi connectivity index (χ2n) is 5.64. The lowest BCUT2D eigenvalue weighted by Gasteiger charge is -2.16. The van der Waals surface area contributed by atoms with Crippen LogP contribution in [-0.4, -0.2) is 39.5 Å². The van der Waals surface area contributed by atoms with Crippen LogP contribution in [0.1, 0.15) is 5.56 Å². The van der Waals surface area contributed by atoms with E-state index in [0.717, 1.165) is 0 Å². The molecule has 0 saturated heterocycles. The van der Waals surface area contributed by atoms with Gasteiger partial charge >= 0.3 is 6.01 Å². The number of anilines is 1. The van der Waals surface area contributed by atoms with Crippen molar-refractivity contribution in [2.45, 2.75) is 6.54 Å². The fraction of sp³-hybridized carbons (Fsp3) is 0.188. The highest BCUT2D eigenvalue weighted by atomic mass is 35.5. The highest BCUT2D eigenvalue weighted by molar-refractivity contribution is 6.31. The molecule has 1 aromatic carbocycles. The third-order valence-electron chi connectivity index (χ3n) is 3.50. The first-order valence-corrected chi connectivity index (χ1v) is 8.09. The van der Waals surface area contributed by atoms with Crippen LogP contribution < -0.4 is 5.32 Å². The second kappa shape index (κ2) is 7.98. The molecule has 0 unspecified atom stereocenters. The molecule has 140 valence electrons. The predicted octanol–water partition coefficient (Wildman–Crippen LogP) is 2.96. The average Bonchev–Trinajstić information content (AvgIpc) is 3.27. The third kappa shape index (κ3) is 4.68. The lowest BCUT2D eigenvalue weighted by Crippen LogP contribution is -2.30. The number of carbonyl (C=O) groups excluding carboxylic acids is 1. The van der Waals surface area contributed by atoms with Crippen molar-refractivity contribution in [1.29, 1.82) is 0 Å². The molecule has 0 aliphatic heterocycles. The molecule has 0 aliphatic rings. The number of amides is 1. The van der Waals surface area contributed by atoms with Crippen molar-refractivity contribution in [2.75, 3.05) is 18.9 Å². The van der Waals surface area contributed by atoms with Crippen LogP contribution in [0.2, 0.25) is 5.02 Å².